The summed E-state index contributed by atoms with van der Waals surface area (Å²) in [5.74, 6) is -0.298. The largest absolute Gasteiger partial charge is 0.744 e. The van der Waals surface area contributed by atoms with Crippen molar-refractivity contribution in [2.45, 2.75) is 127 Å². The number of ether oxygens (including phenoxy) is 1. The molecule has 1 amide bonds. The van der Waals surface area contributed by atoms with E-state index in [1.54, 1.807) is 12.1 Å². The summed E-state index contributed by atoms with van der Waals surface area (Å²) in [4.78, 5) is 80.5. The second-order valence-electron chi connectivity index (χ2n) is 20.3. The second-order valence-corrected chi connectivity index (χ2v) is 27.5. The Morgan fingerprint density at radius 1 is 0.880 bits per heavy atom. The number of aliphatic hydroxyl groups is 1. The van der Waals surface area contributed by atoms with Crippen molar-refractivity contribution in [3.05, 3.63) is 122 Å². The number of amides is 1. The lowest BCUT2D eigenvalue weighted by Crippen LogP contribution is -2.33. The van der Waals surface area contributed by atoms with Crippen molar-refractivity contribution in [3.63, 3.8) is 0 Å². The maximum atomic E-state index is 12.8. The topological polar surface area (TPSA) is 394 Å². The van der Waals surface area contributed by atoms with Gasteiger partial charge in [-0.1, -0.05) is 65.0 Å². The van der Waals surface area contributed by atoms with Gasteiger partial charge in [0.15, 0.2) is 5.71 Å². The van der Waals surface area contributed by atoms with Crippen LogP contribution in [0.4, 0.5) is 11.4 Å². The minimum atomic E-state index is -5.80. The number of rotatable bonds is 26. The number of H-pyrrole nitrogens is 1. The van der Waals surface area contributed by atoms with Gasteiger partial charge in [0.1, 0.15) is 29.0 Å². The number of hydrogen-bond acceptors (Lipinski definition) is 18. The molecular formula is C51H73N6O21P3S2. The van der Waals surface area contributed by atoms with Gasteiger partial charge in [0.25, 0.3) is 15.7 Å². The normalized spacial score (nSPS) is 20.7. The number of likely N-dealkylation sites (N-methyl/N-ethyl adjacent to an activating group) is 1. The molecule has 0 radical (unpaired) electrons. The van der Waals surface area contributed by atoms with Gasteiger partial charge >= 0.3 is 29.2 Å². The smallest absolute Gasteiger partial charge is 0.490 e. The highest BCUT2D eigenvalue weighted by molar-refractivity contribution is 7.86. The van der Waals surface area contributed by atoms with Crippen LogP contribution >= 0.6 is 23.5 Å². The van der Waals surface area contributed by atoms with Gasteiger partial charge < -0.3 is 49.1 Å². The van der Waals surface area contributed by atoms with Crippen LogP contribution in [-0.2, 0) is 67.4 Å². The predicted octanol–water partition coefficient (Wildman–Crippen LogP) is 5.61. The highest BCUT2D eigenvalue weighted by Gasteiger charge is 2.46. The van der Waals surface area contributed by atoms with E-state index in [0.717, 1.165) is 33.5 Å². The lowest BCUT2D eigenvalue weighted by atomic mass is 9.81. The van der Waals surface area contributed by atoms with Crippen molar-refractivity contribution in [1.82, 2.24) is 19.8 Å². The molecule has 3 aliphatic heterocycles. The zero-order chi connectivity index (χ0) is 62.1. The molecule has 4 heterocycles. The van der Waals surface area contributed by atoms with Gasteiger partial charge in [0.05, 0.1) is 33.5 Å². The number of fused-ring (bicyclic) bond motifs is 2. The van der Waals surface area contributed by atoms with Crippen molar-refractivity contribution in [3.8, 4) is 0 Å². The average Bonchev–Trinajstić information content (AvgIpc) is 2.62. The molecule has 1 saturated heterocycles. The molecule has 2 aromatic carbocycles. The fraction of sp³-hybridized carbons (Fsp3) is 0.490. The van der Waals surface area contributed by atoms with Crippen LogP contribution in [0.2, 0.25) is 0 Å². The highest BCUT2D eigenvalue weighted by atomic mass is 32.2. The molecule has 0 bridgehead atoms. The number of hydrogen-bond donors (Lipinski definition) is 8. The fourth-order valence-electron chi connectivity index (χ4n) is 9.75. The van der Waals surface area contributed by atoms with E-state index in [0.29, 0.717) is 43.5 Å². The van der Waals surface area contributed by atoms with E-state index >= 15 is 0 Å². The van der Waals surface area contributed by atoms with Crippen LogP contribution in [0.5, 0.6) is 0 Å². The molecule has 32 heteroatoms. The Morgan fingerprint density at radius 2 is 1.53 bits per heavy atom. The summed E-state index contributed by atoms with van der Waals surface area (Å²) in [6.45, 7) is 19.9. The fourth-order valence-corrected chi connectivity index (χ4v) is 13.8. The van der Waals surface area contributed by atoms with Gasteiger partial charge in [-0.3, -0.25) is 28.2 Å². The molecule has 0 spiro atoms. The van der Waals surface area contributed by atoms with E-state index in [9.17, 15) is 68.9 Å². The molecule has 3 aromatic rings. The number of phosphoric ester groups is 1. The van der Waals surface area contributed by atoms with Gasteiger partial charge in [-0.15, -0.1) is 0 Å². The number of aromatic amines is 1. The summed E-state index contributed by atoms with van der Waals surface area (Å²) in [5, 5.41) is 13.2. The number of carbonyl (C=O) groups is 1. The van der Waals surface area contributed by atoms with Crippen molar-refractivity contribution < 1.29 is 91.6 Å². The summed E-state index contributed by atoms with van der Waals surface area (Å²) < 4.78 is 125. The standard InChI is InChI=1S/C45H58N5O21P3S2.C6H15N/c1-6-48-34-20-18-30(75(62,63)64)24-32(34)44(2,3)38(48)15-9-7-10-16-39-45(4,5)33-25-31(76(65,66)67)19-21-35(33)49(39)23-12-8-11-17-40(52)46-22-13-14-29-27-50(43(54)47-42(29)53)41-26-36(51)37(69-41)28-68-73(58,59)71-74(60,61)70-72(55,56)57;1-4-7(5-2)6-3/h7,9-10,13-16,18-21,24-25,27,36-37,41,51H,6,8,11-12,17,22-23,26,28H2,1-5H3,(H7-,46,47,52,53,54,55,56,57,58,59,60,61,62,63,64,65,66,67);4-6H2,1-3H3/b14-13+;/t36-,37-,41-;/m1./s1. The lowest BCUT2D eigenvalue weighted by molar-refractivity contribution is -0.438. The zero-order valence-corrected chi connectivity index (χ0v) is 51.4. The third-order valence-corrected chi connectivity index (χ3v) is 19.5. The number of benzene rings is 2. The predicted molar refractivity (Wildman–Crippen MR) is 306 cm³/mol. The van der Waals surface area contributed by atoms with Crippen molar-refractivity contribution in [2.75, 3.05) is 50.8 Å². The monoisotopic (exact) mass is 1260 g/mol. The number of aliphatic hydroxyl groups excluding tert-OH is 1. The van der Waals surface area contributed by atoms with E-state index < -0.39 is 90.8 Å². The van der Waals surface area contributed by atoms with Crippen LogP contribution in [0, 0.1) is 0 Å². The first kappa shape index (κ1) is 68.9. The van der Waals surface area contributed by atoms with Crippen LogP contribution in [0.15, 0.2) is 104 Å². The van der Waals surface area contributed by atoms with Crippen LogP contribution < -0.4 is 21.5 Å². The van der Waals surface area contributed by atoms with Crippen LogP contribution in [-0.4, -0.2) is 139 Å². The number of phosphoric acid groups is 3. The first-order valence-electron chi connectivity index (χ1n) is 26.3. The molecule has 83 heavy (non-hydrogen) atoms. The number of allylic oxidation sites excluding steroid dienone is 6. The summed E-state index contributed by atoms with van der Waals surface area (Å²) in [6.07, 6.45) is 10.6. The minimum absolute atomic E-state index is 0.0157. The van der Waals surface area contributed by atoms with Gasteiger partial charge in [-0.2, -0.15) is 21.6 Å². The van der Waals surface area contributed by atoms with Gasteiger partial charge in [0, 0.05) is 73.1 Å². The second kappa shape index (κ2) is 28.1. The molecule has 6 rings (SSSR count). The maximum absolute atomic E-state index is 12.8. The van der Waals surface area contributed by atoms with E-state index in [4.69, 9.17) is 14.5 Å². The van der Waals surface area contributed by atoms with Gasteiger partial charge in [0.2, 0.25) is 11.6 Å². The Kier molecular flexibility index (Phi) is 23.3. The SMILES string of the molecule is CCN(CC)CC.CCN1/C(=C/C=C/C=C/C2=[N+](CCCCCC(=O)NC/C=C/c3cn([C@H]4C[C@@H](O)[C@@H](COP(=O)(O)OP(=O)(O)OP(=O)(O)O)O4)c(=O)[nH]c3=O)c3ccc(S(=O)(=O)O)cc3C2(C)C)C(C)(C)c2cc(S(=O)(=O)[O-])ccc21. The molecule has 27 nitrogen and oxygen atoms in total. The maximum Gasteiger partial charge on any atom is 0.490 e. The van der Waals surface area contributed by atoms with Crippen LogP contribution in [0.1, 0.15) is 110 Å². The molecule has 2 unspecified atom stereocenters. The first-order chi connectivity index (χ1) is 38.5. The quantitative estimate of drug-likeness (QED) is 0.0159. The third kappa shape index (κ3) is 18.3. The molecule has 460 valence electrons. The average molecular weight is 1260 g/mol. The Labute approximate surface area is 481 Å². The molecule has 0 aliphatic carbocycles. The van der Waals surface area contributed by atoms with Crippen molar-refractivity contribution >= 4 is 72.8 Å². The van der Waals surface area contributed by atoms with E-state index in [1.807, 2.05) is 65.0 Å². The zero-order valence-electron chi connectivity index (χ0n) is 47.1. The summed E-state index contributed by atoms with van der Waals surface area (Å²) >= 11 is 0. The van der Waals surface area contributed by atoms with Crippen LogP contribution in [0.3, 0.4) is 0 Å². The number of aromatic nitrogens is 2. The number of nitrogens with one attached hydrogen (secondary N) is 2. The van der Waals surface area contributed by atoms with Gasteiger partial charge in [-0.05, 0) is 95.2 Å². The minimum Gasteiger partial charge on any atom is -0.744 e. The Hall–Kier alpha value is -4.87. The number of carbonyl (C=O) groups excluding carboxylic acids is 1. The van der Waals surface area contributed by atoms with Crippen molar-refractivity contribution in [1.29, 1.82) is 0 Å². The number of unbranched alkanes of at least 4 members (excludes halogenated alkanes) is 2. The molecule has 5 atom stereocenters. The Bertz CT molecular complexity index is 3530. The molecule has 0 saturated carbocycles. The molecule has 1 fully saturated rings. The van der Waals surface area contributed by atoms with E-state index in [-0.39, 0.29) is 40.6 Å². The lowest BCUT2D eigenvalue weighted by Gasteiger charge is -2.25. The molecular weight excluding hydrogens is 1190 g/mol. The van der Waals surface area contributed by atoms with Gasteiger partial charge in [-0.25, -0.2) is 26.9 Å². The third-order valence-electron chi connectivity index (χ3n) is 14.0. The molecule has 8 N–H and O–H groups in total. The highest BCUT2D eigenvalue weighted by Crippen LogP contribution is 2.66. The Morgan fingerprint density at radius 3 is 2.13 bits per heavy atom. The van der Waals surface area contributed by atoms with Crippen LogP contribution in [0.25, 0.3) is 6.08 Å². The number of nitrogens with zero attached hydrogens (tertiary/aromatic N) is 4. The number of anilines is 1. The summed E-state index contributed by atoms with van der Waals surface area (Å²) in [7, 11) is -26.2. The summed E-state index contributed by atoms with van der Waals surface area (Å²) in [6, 6.07) is 8.82. The van der Waals surface area contributed by atoms with E-state index in [1.165, 1.54) is 56.1 Å². The summed E-state index contributed by atoms with van der Waals surface area (Å²) in [5.41, 5.74) is 1.50. The molecule has 1 aromatic heterocycles. The molecule has 3 aliphatic rings. The van der Waals surface area contributed by atoms with E-state index in [2.05, 4.69) is 58.6 Å². The Balaban J connectivity index is 0.00000169. The first-order valence-corrected chi connectivity index (χ1v) is 33.7. The van der Waals surface area contributed by atoms with Crippen molar-refractivity contribution in [2.24, 2.45) is 0 Å².